The van der Waals surface area contributed by atoms with Crippen molar-refractivity contribution in [2.75, 3.05) is 51.4 Å². The summed E-state index contributed by atoms with van der Waals surface area (Å²) in [7, 11) is 1.97. The SMILES string of the molecule is CC[N+](C)(C/C=C/C(N)=O)C/C=C/C1=C(C(=O)[O-])N2C(=O)C(NC(=O)/C(=N\OCCF)c3csc(N)n3)C2SC1. The van der Waals surface area contributed by atoms with Gasteiger partial charge in [0.05, 0.1) is 38.3 Å². The number of hydrogen-bond donors (Lipinski definition) is 3. The molecule has 2 aliphatic rings. The van der Waals surface area contributed by atoms with Gasteiger partial charge in [-0.3, -0.25) is 19.3 Å². The Kier molecular flexibility index (Phi) is 10.4. The number of thioether (sulfide) groups is 1. The van der Waals surface area contributed by atoms with Crippen LogP contribution >= 0.6 is 23.1 Å². The predicted molar refractivity (Wildman–Crippen MR) is 146 cm³/mol. The average molecular weight is 596 g/mol. The number of carboxylic acids is 1. The summed E-state index contributed by atoms with van der Waals surface area (Å²) < 4.78 is 13.0. The number of anilines is 1. The number of nitrogen functional groups attached to an aromatic ring is 1. The van der Waals surface area contributed by atoms with E-state index in [1.807, 2.05) is 20.0 Å². The highest BCUT2D eigenvalue weighted by Gasteiger charge is 2.53. The van der Waals surface area contributed by atoms with Crippen molar-refractivity contribution in [3.05, 3.63) is 46.6 Å². The van der Waals surface area contributed by atoms with Crippen LogP contribution in [0.4, 0.5) is 9.52 Å². The van der Waals surface area contributed by atoms with Gasteiger partial charge in [0.1, 0.15) is 30.4 Å². The maximum absolute atomic E-state index is 13.0. The first kappa shape index (κ1) is 30.8. The van der Waals surface area contributed by atoms with Gasteiger partial charge in [0.25, 0.3) is 11.8 Å². The fraction of sp³-hybridized carbons (Fsp3) is 0.417. The molecule has 1 fully saturated rings. The molecule has 3 atom stereocenters. The zero-order chi connectivity index (χ0) is 29.4. The standard InChI is InChI=1S/C24H30FN7O6S2/c1-3-32(2,10-5-7-16(26)33)9-4-6-14-12-39-22-18(21(35)31(22)19(14)23(36)37)29-20(34)17(30-38-11-8-25)15-13-40-24(27)28-15/h4-7,13,18,22H,3,8-12H2,1-2H3,(H5-,26,27,28,29,33,34,36,37)/b6-4+,7-5+,30-17-. The van der Waals surface area contributed by atoms with Crippen LogP contribution in [0.1, 0.15) is 12.6 Å². The number of allylic oxidation sites excluding steroid dienone is 1. The lowest BCUT2D eigenvalue weighted by atomic mass is 10.0. The minimum Gasteiger partial charge on any atom is -0.543 e. The van der Waals surface area contributed by atoms with Crippen molar-refractivity contribution in [1.82, 2.24) is 15.2 Å². The summed E-state index contributed by atoms with van der Waals surface area (Å²) in [6, 6.07) is -1.04. The first-order valence-corrected chi connectivity index (χ1v) is 14.1. The number of rotatable bonds is 14. The molecule has 13 nitrogen and oxygen atoms in total. The van der Waals surface area contributed by atoms with Gasteiger partial charge < -0.3 is 36.0 Å². The highest BCUT2D eigenvalue weighted by molar-refractivity contribution is 8.00. The van der Waals surface area contributed by atoms with Gasteiger partial charge in [-0.05, 0) is 24.6 Å². The highest BCUT2D eigenvalue weighted by Crippen LogP contribution is 2.40. The van der Waals surface area contributed by atoms with Crippen LogP contribution in [-0.2, 0) is 24.0 Å². The minimum atomic E-state index is -1.51. The number of fused-ring (bicyclic) bond motifs is 1. The Balaban J connectivity index is 1.74. The first-order chi connectivity index (χ1) is 19.0. The number of thiazole rings is 1. The number of halogens is 1. The van der Waals surface area contributed by atoms with Crippen LogP contribution < -0.4 is 21.9 Å². The van der Waals surface area contributed by atoms with E-state index < -0.39 is 41.8 Å². The number of likely N-dealkylation sites (N-methyl/N-ethyl adjacent to an activating group) is 1. The predicted octanol–water partition coefficient (Wildman–Crippen LogP) is -1.12. The number of hydrogen-bond acceptors (Lipinski definition) is 11. The second kappa shape index (κ2) is 13.5. The van der Waals surface area contributed by atoms with Gasteiger partial charge in [0.2, 0.25) is 5.91 Å². The van der Waals surface area contributed by atoms with E-state index in [0.717, 1.165) is 22.8 Å². The number of oxime groups is 1. The summed E-state index contributed by atoms with van der Waals surface area (Å²) in [5.74, 6) is -3.25. The maximum atomic E-state index is 13.0. The number of β-lactam (4-membered cyclic amide) rings is 1. The Morgan fingerprint density at radius 1 is 1.38 bits per heavy atom. The van der Waals surface area contributed by atoms with Gasteiger partial charge in [-0.2, -0.15) is 0 Å². The molecule has 1 aromatic heterocycles. The summed E-state index contributed by atoms with van der Waals surface area (Å²) in [5.41, 5.74) is 10.7. The molecule has 0 aliphatic carbocycles. The Labute approximate surface area is 238 Å². The molecule has 0 aromatic carbocycles. The normalized spacial score (nSPS) is 20.8. The monoisotopic (exact) mass is 595 g/mol. The zero-order valence-electron chi connectivity index (χ0n) is 21.9. The van der Waals surface area contributed by atoms with Crippen LogP contribution in [0.15, 0.2) is 46.1 Å². The second-order valence-corrected chi connectivity index (χ2v) is 11.1. The van der Waals surface area contributed by atoms with Gasteiger partial charge in [0.15, 0.2) is 10.8 Å². The molecule has 3 rings (SSSR count). The van der Waals surface area contributed by atoms with E-state index in [4.69, 9.17) is 16.3 Å². The van der Waals surface area contributed by atoms with Gasteiger partial charge in [-0.1, -0.05) is 11.2 Å². The number of quaternary nitrogens is 1. The highest BCUT2D eigenvalue weighted by atomic mass is 32.2. The maximum Gasteiger partial charge on any atom is 0.276 e. The summed E-state index contributed by atoms with van der Waals surface area (Å²) in [5, 5.41) is 19.2. The number of aliphatic carboxylic acids is 1. The van der Waals surface area contributed by atoms with Crippen LogP contribution in [0, 0.1) is 0 Å². The molecule has 3 unspecified atom stereocenters. The first-order valence-electron chi connectivity index (χ1n) is 12.1. The molecule has 40 heavy (non-hydrogen) atoms. The topological polar surface area (TPSA) is 193 Å². The average Bonchev–Trinajstić information content (AvgIpc) is 3.34. The van der Waals surface area contributed by atoms with Crippen LogP contribution in [0.3, 0.4) is 0 Å². The summed E-state index contributed by atoms with van der Waals surface area (Å²) in [6.07, 6.45) is 6.45. The van der Waals surface area contributed by atoms with Crippen molar-refractivity contribution < 1.29 is 38.0 Å². The number of primary amides is 1. The number of carbonyl (C=O) groups is 4. The van der Waals surface area contributed by atoms with E-state index in [-0.39, 0.29) is 34.6 Å². The number of alkyl halides is 1. The lowest BCUT2D eigenvalue weighted by Gasteiger charge is -2.50. The number of nitrogens with zero attached hydrogens (tertiary/aromatic N) is 4. The third-order valence-corrected chi connectivity index (χ3v) is 8.21. The molecule has 3 heterocycles. The largest absolute Gasteiger partial charge is 0.543 e. The van der Waals surface area contributed by atoms with E-state index in [2.05, 4.69) is 15.5 Å². The number of carbonyl (C=O) groups excluding carboxylic acids is 4. The molecule has 3 amide bonds. The van der Waals surface area contributed by atoms with E-state index in [1.165, 1.54) is 23.2 Å². The van der Waals surface area contributed by atoms with Crippen LogP contribution in [-0.4, -0.2) is 101 Å². The number of aromatic nitrogens is 1. The van der Waals surface area contributed by atoms with Gasteiger partial charge >= 0.3 is 0 Å². The Morgan fingerprint density at radius 3 is 2.70 bits per heavy atom. The number of nitrogens with two attached hydrogens (primary N) is 2. The number of amides is 3. The molecule has 2 aliphatic heterocycles. The van der Waals surface area contributed by atoms with E-state index in [1.54, 1.807) is 12.2 Å². The molecular weight excluding hydrogens is 565 g/mol. The lowest BCUT2D eigenvalue weighted by molar-refractivity contribution is -0.896. The minimum absolute atomic E-state index is 0.0872. The lowest BCUT2D eigenvalue weighted by Crippen LogP contribution is -2.71. The molecule has 216 valence electrons. The van der Waals surface area contributed by atoms with Crippen molar-refractivity contribution in [2.24, 2.45) is 10.9 Å². The van der Waals surface area contributed by atoms with Gasteiger partial charge in [0, 0.05) is 17.2 Å². The molecule has 0 radical (unpaired) electrons. The molecule has 1 saturated heterocycles. The van der Waals surface area contributed by atoms with Gasteiger partial charge in [-0.15, -0.1) is 23.1 Å². The Bertz CT molecular complexity index is 1280. The Morgan fingerprint density at radius 2 is 2.10 bits per heavy atom. The zero-order valence-corrected chi connectivity index (χ0v) is 23.5. The van der Waals surface area contributed by atoms with Crippen LogP contribution in [0.2, 0.25) is 0 Å². The molecule has 1 aromatic rings. The Hall–Kier alpha value is -3.76. The molecule has 0 saturated carbocycles. The molecular formula is C24H30FN7O6S2. The third kappa shape index (κ3) is 7.25. The van der Waals surface area contributed by atoms with Crippen molar-refractivity contribution in [3.63, 3.8) is 0 Å². The van der Waals surface area contributed by atoms with Crippen LogP contribution in [0.25, 0.3) is 0 Å². The molecule has 0 spiro atoms. The van der Waals surface area contributed by atoms with Crippen molar-refractivity contribution in [3.8, 4) is 0 Å². The molecule has 0 bridgehead atoms. The summed E-state index contributed by atoms with van der Waals surface area (Å²) in [6.45, 7) is 2.57. The fourth-order valence-electron chi connectivity index (χ4n) is 3.92. The second-order valence-electron chi connectivity index (χ2n) is 9.06. The van der Waals surface area contributed by atoms with E-state index in [9.17, 15) is 28.7 Å². The number of carboxylic acid groups (broad SMARTS) is 1. The summed E-state index contributed by atoms with van der Waals surface area (Å²) in [4.78, 5) is 58.9. The number of nitrogens with one attached hydrogen (secondary N) is 1. The van der Waals surface area contributed by atoms with E-state index >= 15 is 0 Å². The quantitative estimate of drug-likeness (QED) is 0.0597. The fourth-order valence-corrected chi connectivity index (χ4v) is 5.79. The van der Waals surface area contributed by atoms with Crippen LogP contribution in [0.5, 0.6) is 0 Å². The molecule has 16 heteroatoms. The van der Waals surface area contributed by atoms with E-state index in [0.29, 0.717) is 23.1 Å². The van der Waals surface area contributed by atoms with Crippen molar-refractivity contribution in [2.45, 2.75) is 18.3 Å². The smallest absolute Gasteiger partial charge is 0.276 e. The summed E-state index contributed by atoms with van der Waals surface area (Å²) >= 11 is 2.33. The molecule has 5 N–H and O–H groups in total. The van der Waals surface area contributed by atoms with Crippen molar-refractivity contribution in [1.29, 1.82) is 0 Å². The van der Waals surface area contributed by atoms with Gasteiger partial charge in [-0.25, -0.2) is 9.37 Å². The third-order valence-electron chi connectivity index (χ3n) is 6.24. The van der Waals surface area contributed by atoms with Crippen molar-refractivity contribution >= 4 is 57.6 Å².